The van der Waals surface area contributed by atoms with E-state index in [9.17, 15) is 0 Å². The van der Waals surface area contributed by atoms with Crippen LogP contribution in [0.25, 0.3) is 0 Å². The molecule has 0 aromatic heterocycles. The van der Waals surface area contributed by atoms with Gasteiger partial charge in [0.25, 0.3) is 0 Å². The lowest BCUT2D eigenvalue weighted by Crippen LogP contribution is -2.22. The van der Waals surface area contributed by atoms with Crippen molar-refractivity contribution in [2.45, 2.75) is 12.8 Å². The fourth-order valence-electron chi connectivity index (χ4n) is 0.339. The van der Waals surface area contributed by atoms with E-state index < -0.39 is 0 Å². The first kappa shape index (κ1) is 16.6. The van der Waals surface area contributed by atoms with Gasteiger partial charge in [0.2, 0.25) is 0 Å². The zero-order chi connectivity index (χ0) is 7.54. The van der Waals surface area contributed by atoms with Crippen molar-refractivity contribution >= 4 is 12.4 Å². The molecule has 0 spiro atoms. The number of aliphatic hydroxyl groups excluding tert-OH is 1. The minimum Gasteiger partial charge on any atom is -0.396 e. The first-order valence-electron chi connectivity index (χ1n) is 2.79. The maximum Gasteiger partial charge on any atom is 0.0431 e. The van der Waals surface area contributed by atoms with E-state index in [1.165, 1.54) is 0 Å². The molecular formula is C4H17ClN4O. The van der Waals surface area contributed by atoms with E-state index in [1.54, 1.807) is 0 Å². The van der Waals surface area contributed by atoms with Crippen LogP contribution in [-0.4, -0.2) is 18.3 Å². The standard InChI is InChI=1S/C4H12N2O.ClH.H4N2/c5-6-3-1-2-4-7;;1-2/h6-7H,1-5H2;1H;1-2H2. The van der Waals surface area contributed by atoms with E-state index in [4.69, 9.17) is 10.9 Å². The van der Waals surface area contributed by atoms with Crippen LogP contribution in [0.4, 0.5) is 0 Å². The summed E-state index contributed by atoms with van der Waals surface area (Å²) in [7, 11) is 0. The van der Waals surface area contributed by atoms with Crippen molar-refractivity contribution in [3.8, 4) is 0 Å². The monoisotopic (exact) mass is 172 g/mol. The molecule has 8 N–H and O–H groups in total. The van der Waals surface area contributed by atoms with Crippen molar-refractivity contribution in [2.75, 3.05) is 13.2 Å². The summed E-state index contributed by atoms with van der Waals surface area (Å²) in [5.74, 6) is 12.9. The first-order chi connectivity index (χ1) is 4.41. The Kier molecular flexibility index (Phi) is 38.1. The van der Waals surface area contributed by atoms with Crippen LogP contribution in [0.2, 0.25) is 0 Å². The topological polar surface area (TPSA) is 110 Å². The molecule has 66 valence electrons. The SMILES string of the molecule is Cl.NN.NNCCCCO. The highest BCUT2D eigenvalue weighted by Gasteiger charge is 1.80. The van der Waals surface area contributed by atoms with E-state index in [0.29, 0.717) is 0 Å². The van der Waals surface area contributed by atoms with E-state index in [2.05, 4.69) is 17.1 Å². The number of hydrogen-bond acceptors (Lipinski definition) is 5. The van der Waals surface area contributed by atoms with Crippen molar-refractivity contribution in [3.05, 3.63) is 0 Å². The van der Waals surface area contributed by atoms with E-state index >= 15 is 0 Å². The number of unbranched alkanes of at least 4 members (excludes halogenated alkanes) is 1. The number of hydrogen-bond donors (Lipinski definition) is 5. The van der Waals surface area contributed by atoms with Crippen LogP contribution in [0, 0.1) is 0 Å². The second-order valence-electron chi connectivity index (χ2n) is 1.38. The lowest BCUT2D eigenvalue weighted by atomic mass is 10.3. The Balaban J connectivity index is -0.000000149. The van der Waals surface area contributed by atoms with Crippen LogP contribution >= 0.6 is 12.4 Å². The van der Waals surface area contributed by atoms with Crippen LogP contribution in [0.3, 0.4) is 0 Å². The molecule has 6 heteroatoms. The molecule has 0 saturated heterocycles. The highest BCUT2D eigenvalue weighted by Crippen LogP contribution is 1.80. The van der Waals surface area contributed by atoms with Gasteiger partial charge in [-0.25, -0.2) is 0 Å². The average molecular weight is 173 g/mol. The van der Waals surface area contributed by atoms with E-state index in [0.717, 1.165) is 19.4 Å². The molecule has 0 saturated carbocycles. The summed E-state index contributed by atoms with van der Waals surface area (Å²) < 4.78 is 0. The number of aliphatic hydroxyl groups is 1. The Bertz CT molecular complexity index is 36.4. The molecule has 0 aliphatic heterocycles. The lowest BCUT2D eigenvalue weighted by molar-refractivity contribution is 0.284. The summed E-state index contributed by atoms with van der Waals surface area (Å²) in [6.07, 6.45) is 1.79. The third-order valence-electron chi connectivity index (χ3n) is 0.729. The quantitative estimate of drug-likeness (QED) is 0.201. The number of rotatable bonds is 4. The minimum atomic E-state index is 0. The van der Waals surface area contributed by atoms with Crippen molar-refractivity contribution < 1.29 is 5.11 Å². The Morgan fingerprint density at radius 3 is 2.00 bits per heavy atom. The molecule has 0 radical (unpaired) electrons. The van der Waals surface area contributed by atoms with Gasteiger partial charge in [-0.15, -0.1) is 12.4 Å². The fourth-order valence-corrected chi connectivity index (χ4v) is 0.339. The van der Waals surface area contributed by atoms with Gasteiger partial charge < -0.3 is 5.11 Å². The number of halogens is 1. The summed E-state index contributed by atoms with van der Waals surface area (Å²) >= 11 is 0. The van der Waals surface area contributed by atoms with Gasteiger partial charge in [0.05, 0.1) is 0 Å². The van der Waals surface area contributed by atoms with E-state index in [-0.39, 0.29) is 19.0 Å². The molecule has 0 atom stereocenters. The van der Waals surface area contributed by atoms with Gasteiger partial charge in [-0.1, -0.05) is 0 Å². The van der Waals surface area contributed by atoms with Gasteiger partial charge >= 0.3 is 0 Å². The minimum absolute atomic E-state index is 0. The Morgan fingerprint density at radius 1 is 1.20 bits per heavy atom. The molecular weight excluding hydrogens is 156 g/mol. The predicted octanol–water partition coefficient (Wildman–Crippen LogP) is -1.54. The van der Waals surface area contributed by atoms with Crippen LogP contribution < -0.4 is 23.0 Å². The van der Waals surface area contributed by atoms with Crippen molar-refractivity contribution in [1.82, 2.24) is 5.43 Å². The Hall–Kier alpha value is 0.0900. The lowest BCUT2D eigenvalue weighted by Gasteiger charge is -1.92. The van der Waals surface area contributed by atoms with E-state index in [1.807, 2.05) is 0 Å². The number of nitrogens with two attached hydrogens (primary N) is 3. The molecule has 10 heavy (non-hydrogen) atoms. The summed E-state index contributed by atoms with van der Waals surface area (Å²) in [5, 5.41) is 8.22. The molecule has 0 fully saturated rings. The molecule has 0 unspecified atom stereocenters. The maximum absolute atomic E-state index is 8.22. The molecule has 0 aromatic carbocycles. The van der Waals surface area contributed by atoms with Gasteiger partial charge in [0, 0.05) is 13.2 Å². The largest absolute Gasteiger partial charge is 0.396 e. The molecule has 0 amide bonds. The molecule has 0 heterocycles. The smallest absolute Gasteiger partial charge is 0.0431 e. The first-order valence-corrected chi connectivity index (χ1v) is 2.79. The van der Waals surface area contributed by atoms with Crippen LogP contribution in [-0.2, 0) is 0 Å². The summed E-state index contributed by atoms with van der Waals surface area (Å²) in [4.78, 5) is 0. The third kappa shape index (κ3) is 24.3. The van der Waals surface area contributed by atoms with Crippen LogP contribution in [0.15, 0.2) is 0 Å². The third-order valence-corrected chi connectivity index (χ3v) is 0.729. The Labute approximate surface area is 67.3 Å². The predicted molar refractivity (Wildman–Crippen MR) is 44.1 cm³/mol. The zero-order valence-electron chi connectivity index (χ0n) is 5.92. The zero-order valence-corrected chi connectivity index (χ0v) is 6.73. The van der Waals surface area contributed by atoms with Crippen molar-refractivity contribution in [3.63, 3.8) is 0 Å². The fraction of sp³-hybridized carbons (Fsp3) is 1.00. The summed E-state index contributed by atoms with van der Waals surface area (Å²) in [5.41, 5.74) is 2.49. The number of hydrazine groups is 2. The molecule has 0 aliphatic rings. The van der Waals surface area contributed by atoms with Crippen LogP contribution in [0.5, 0.6) is 0 Å². The van der Waals surface area contributed by atoms with Gasteiger partial charge in [-0.05, 0) is 12.8 Å². The second-order valence-corrected chi connectivity index (χ2v) is 1.38. The van der Waals surface area contributed by atoms with Gasteiger partial charge in [0.1, 0.15) is 0 Å². The van der Waals surface area contributed by atoms with Gasteiger partial charge in [-0.3, -0.25) is 23.0 Å². The van der Waals surface area contributed by atoms with Crippen LogP contribution in [0.1, 0.15) is 12.8 Å². The highest BCUT2D eigenvalue weighted by atomic mass is 35.5. The molecule has 0 aliphatic carbocycles. The molecule has 0 bridgehead atoms. The van der Waals surface area contributed by atoms with Gasteiger partial charge in [0.15, 0.2) is 0 Å². The van der Waals surface area contributed by atoms with Crippen molar-refractivity contribution in [2.24, 2.45) is 17.5 Å². The highest BCUT2D eigenvalue weighted by molar-refractivity contribution is 5.85. The average Bonchev–Trinajstić information content (AvgIpc) is 1.94. The normalized spacial score (nSPS) is 7.20. The number of nitrogens with one attached hydrogen (secondary N) is 1. The summed E-state index contributed by atoms with van der Waals surface area (Å²) in [6, 6.07) is 0. The van der Waals surface area contributed by atoms with Gasteiger partial charge in [-0.2, -0.15) is 0 Å². The second kappa shape index (κ2) is 23.0. The summed E-state index contributed by atoms with van der Waals surface area (Å²) in [6.45, 7) is 1.06. The maximum atomic E-state index is 8.22. The van der Waals surface area contributed by atoms with Crippen molar-refractivity contribution in [1.29, 1.82) is 0 Å². The molecule has 0 aromatic rings. The molecule has 0 rings (SSSR count). The Morgan fingerprint density at radius 2 is 1.70 bits per heavy atom. The molecule has 5 nitrogen and oxygen atoms in total.